The van der Waals surface area contributed by atoms with Gasteiger partial charge in [-0.3, -0.25) is 4.79 Å². The second kappa shape index (κ2) is 13.6. The third kappa shape index (κ3) is 7.88. The number of halogens is 1. The molecule has 1 aliphatic rings. The van der Waals surface area contributed by atoms with Gasteiger partial charge in [-0.2, -0.15) is 11.8 Å². The Labute approximate surface area is 213 Å². The van der Waals surface area contributed by atoms with Crippen LogP contribution >= 0.6 is 35.7 Å². The molecular formula is C24H34IN5OS. The molecule has 0 unspecified atom stereocenters. The van der Waals surface area contributed by atoms with Crippen LogP contribution < -0.4 is 15.5 Å². The van der Waals surface area contributed by atoms with Crippen molar-refractivity contribution in [1.82, 2.24) is 15.5 Å². The maximum absolute atomic E-state index is 12.0. The summed E-state index contributed by atoms with van der Waals surface area (Å²) in [5.74, 6) is 3.21. The zero-order valence-corrected chi connectivity index (χ0v) is 22.3. The lowest BCUT2D eigenvalue weighted by Crippen LogP contribution is -2.36. The van der Waals surface area contributed by atoms with E-state index >= 15 is 0 Å². The number of nitrogens with zero attached hydrogens (tertiary/aromatic N) is 3. The average molecular weight is 568 g/mol. The van der Waals surface area contributed by atoms with Crippen molar-refractivity contribution >= 4 is 53.3 Å². The van der Waals surface area contributed by atoms with E-state index < -0.39 is 0 Å². The number of anilines is 1. The Bertz CT molecular complexity index is 865. The van der Waals surface area contributed by atoms with Crippen LogP contribution in [0.3, 0.4) is 0 Å². The van der Waals surface area contributed by atoms with Crippen molar-refractivity contribution in [1.29, 1.82) is 0 Å². The Morgan fingerprint density at radius 3 is 2.22 bits per heavy atom. The molecule has 0 radical (unpaired) electrons. The molecule has 0 aromatic heterocycles. The van der Waals surface area contributed by atoms with E-state index in [1.807, 2.05) is 36.0 Å². The van der Waals surface area contributed by atoms with Crippen molar-refractivity contribution in [3.63, 3.8) is 0 Å². The molecule has 1 amide bonds. The van der Waals surface area contributed by atoms with Gasteiger partial charge in [0.2, 0.25) is 0 Å². The summed E-state index contributed by atoms with van der Waals surface area (Å²) in [6.07, 6.45) is 0. The number of aliphatic imine (C=N–C) groups is 1. The summed E-state index contributed by atoms with van der Waals surface area (Å²) in [6, 6.07) is 16.4. The highest BCUT2D eigenvalue weighted by molar-refractivity contribution is 14.0. The Morgan fingerprint density at radius 2 is 1.62 bits per heavy atom. The zero-order valence-electron chi connectivity index (χ0n) is 19.1. The number of thioether (sulfide) groups is 1. The third-order valence-corrected chi connectivity index (χ3v) is 6.09. The fourth-order valence-corrected chi connectivity index (χ4v) is 4.26. The number of rotatable bonds is 7. The van der Waals surface area contributed by atoms with Crippen LogP contribution in [0.4, 0.5) is 5.69 Å². The molecule has 6 nitrogen and oxygen atoms in total. The highest BCUT2D eigenvalue weighted by atomic mass is 127. The van der Waals surface area contributed by atoms with E-state index in [1.165, 1.54) is 22.8 Å². The Balaban J connectivity index is 0.00000363. The summed E-state index contributed by atoms with van der Waals surface area (Å²) in [7, 11) is 3.52. The molecule has 1 heterocycles. The van der Waals surface area contributed by atoms with Crippen molar-refractivity contribution < 1.29 is 4.79 Å². The van der Waals surface area contributed by atoms with Gasteiger partial charge in [0.1, 0.15) is 0 Å². The lowest BCUT2D eigenvalue weighted by molar-refractivity contribution is 0.0827. The first-order chi connectivity index (χ1) is 15.1. The first-order valence-corrected chi connectivity index (χ1v) is 12.0. The maximum Gasteiger partial charge on any atom is 0.253 e. The fourth-order valence-electron chi connectivity index (χ4n) is 3.35. The van der Waals surface area contributed by atoms with Gasteiger partial charge in [0, 0.05) is 63.0 Å². The molecule has 32 heavy (non-hydrogen) atoms. The van der Waals surface area contributed by atoms with Crippen LogP contribution in [0.2, 0.25) is 0 Å². The molecule has 2 aromatic rings. The van der Waals surface area contributed by atoms with Crippen LogP contribution in [0.15, 0.2) is 53.5 Å². The molecule has 1 aliphatic heterocycles. The second-order valence-corrected chi connectivity index (χ2v) is 8.94. The standard InChI is InChI=1S/C24H33N5OS.HI/c1-4-25-24(26-17-19-5-9-21(10-6-19)23(30)28(2)3)27-18-20-7-11-22(12-8-20)29-13-15-31-16-14-29;/h5-12H,4,13-18H2,1-3H3,(H2,25,26,27);1H. The Hall–Kier alpha value is -1.94. The third-order valence-electron chi connectivity index (χ3n) is 5.14. The van der Waals surface area contributed by atoms with Gasteiger partial charge in [-0.05, 0) is 42.3 Å². The zero-order chi connectivity index (χ0) is 22.1. The van der Waals surface area contributed by atoms with Crippen molar-refractivity contribution in [3.05, 3.63) is 65.2 Å². The summed E-state index contributed by atoms with van der Waals surface area (Å²) >= 11 is 2.03. The number of guanidine groups is 1. The predicted octanol–water partition coefficient (Wildman–Crippen LogP) is 3.81. The first kappa shape index (κ1) is 26.3. The minimum Gasteiger partial charge on any atom is -0.370 e. The van der Waals surface area contributed by atoms with Gasteiger partial charge in [-0.15, -0.1) is 24.0 Å². The number of hydrogen-bond donors (Lipinski definition) is 2. The number of hydrogen-bond acceptors (Lipinski definition) is 4. The molecule has 2 aromatic carbocycles. The molecule has 0 atom stereocenters. The van der Waals surface area contributed by atoms with E-state index in [9.17, 15) is 4.79 Å². The minimum absolute atomic E-state index is 0. The molecule has 0 saturated carbocycles. The molecule has 1 saturated heterocycles. The monoisotopic (exact) mass is 567 g/mol. The van der Waals surface area contributed by atoms with Gasteiger partial charge < -0.3 is 20.4 Å². The molecule has 1 fully saturated rings. The average Bonchev–Trinajstić information content (AvgIpc) is 2.81. The predicted molar refractivity (Wildman–Crippen MR) is 148 cm³/mol. The SMILES string of the molecule is CCNC(=NCc1ccc(N2CCSCC2)cc1)NCc1ccc(C(=O)N(C)C)cc1.I. The Kier molecular flexibility index (Phi) is 11.2. The molecule has 3 rings (SSSR count). The number of carbonyl (C=O) groups excluding carboxylic acids is 1. The van der Waals surface area contributed by atoms with E-state index in [0.29, 0.717) is 18.7 Å². The maximum atomic E-state index is 12.0. The van der Waals surface area contributed by atoms with Crippen molar-refractivity contribution in [2.24, 2.45) is 4.99 Å². The minimum atomic E-state index is 0. The number of nitrogens with one attached hydrogen (secondary N) is 2. The molecule has 2 N–H and O–H groups in total. The number of amides is 1. The van der Waals surface area contributed by atoms with Gasteiger partial charge in [0.05, 0.1) is 6.54 Å². The normalized spacial score (nSPS) is 13.8. The van der Waals surface area contributed by atoms with Gasteiger partial charge in [0.25, 0.3) is 5.91 Å². The van der Waals surface area contributed by atoms with Gasteiger partial charge in [0.15, 0.2) is 5.96 Å². The fraction of sp³-hybridized carbons (Fsp3) is 0.417. The smallest absolute Gasteiger partial charge is 0.253 e. The lowest BCUT2D eigenvalue weighted by Gasteiger charge is -2.28. The van der Waals surface area contributed by atoms with E-state index in [0.717, 1.165) is 31.2 Å². The largest absolute Gasteiger partial charge is 0.370 e. The first-order valence-electron chi connectivity index (χ1n) is 10.8. The van der Waals surface area contributed by atoms with Crippen LogP contribution in [0.25, 0.3) is 0 Å². The summed E-state index contributed by atoms with van der Waals surface area (Å²) in [5, 5.41) is 6.67. The topological polar surface area (TPSA) is 60.0 Å². The molecule has 0 bridgehead atoms. The van der Waals surface area contributed by atoms with E-state index in [2.05, 4.69) is 46.7 Å². The number of benzene rings is 2. The Morgan fingerprint density at radius 1 is 1.00 bits per heavy atom. The van der Waals surface area contributed by atoms with Crippen LogP contribution in [0, 0.1) is 0 Å². The van der Waals surface area contributed by atoms with Crippen molar-refractivity contribution in [3.8, 4) is 0 Å². The quantitative estimate of drug-likeness (QED) is 0.303. The van der Waals surface area contributed by atoms with Crippen LogP contribution in [-0.4, -0.2) is 62.0 Å². The molecule has 8 heteroatoms. The van der Waals surface area contributed by atoms with Crippen molar-refractivity contribution in [2.45, 2.75) is 20.0 Å². The van der Waals surface area contributed by atoms with Gasteiger partial charge in [-0.25, -0.2) is 4.99 Å². The van der Waals surface area contributed by atoms with Crippen LogP contribution in [0.5, 0.6) is 0 Å². The van der Waals surface area contributed by atoms with Crippen LogP contribution in [-0.2, 0) is 13.1 Å². The summed E-state index contributed by atoms with van der Waals surface area (Å²) in [5.41, 5.74) is 4.29. The van der Waals surface area contributed by atoms with E-state index in [4.69, 9.17) is 4.99 Å². The summed E-state index contributed by atoms with van der Waals surface area (Å²) < 4.78 is 0. The lowest BCUT2D eigenvalue weighted by atomic mass is 10.1. The molecule has 174 valence electrons. The highest BCUT2D eigenvalue weighted by Gasteiger charge is 2.11. The number of carbonyl (C=O) groups is 1. The molecule has 0 aliphatic carbocycles. The molecule has 0 spiro atoms. The van der Waals surface area contributed by atoms with E-state index in [-0.39, 0.29) is 29.9 Å². The summed E-state index contributed by atoms with van der Waals surface area (Å²) in [4.78, 5) is 20.8. The van der Waals surface area contributed by atoms with Gasteiger partial charge >= 0.3 is 0 Å². The van der Waals surface area contributed by atoms with E-state index in [1.54, 1.807) is 19.0 Å². The highest BCUT2D eigenvalue weighted by Crippen LogP contribution is 2.20. The second-order valence-electron chi connectivity index (χ2n) is 7.71. The van der Waals surface area contributed by atoms with Gasteiger partial charge in [-0.1, -0.05) is 24.3 Å². The van der Waals surface area contributed by atoms with Crippen molar-refractivity contribution in [2.75, 3.05) is 50.1 Å². The van der Waals surface area contributed by atoms with Crippen LogP contribution in [0.1, 0.15) is 28.4 Å². The molecular weight excluding hydrogens is 533 g/mol. The summed E-state index contributed by atoms with van der Waals surface area (Å²) in [6.45, 7) is 6.39.